The van der Waals surface area contributed by atoms with Gasteiger partial charge in [-0.3, -0.25) is 4.90 Å². The van der Waals surface area contributed by atoms with E-state index < -0.39 is 0 Å². The Morgan fingerprint density at radius 2 is 2.12 bits per heavy atom. The molecular weight excluding hydrogens is 234 g/mol. The van der Waals surface area contributed by atoms with Crippen LogP contribution in [0.1, 0.15) is 19.8 Å². The van der Waals surface area contributed by atoms with Gasteiger partial charge in [-0.05, 0) is 45.0 Å². The molecule has 1 aromatic carbocycles. The van der Waals surface area contributed by atoms with E-state index in [9.17, 15) is 0 Å². The van der Waals surface area contributed by atoms with Crippen molar-refractivity contribution in [3.8, 4) is 0 Å². The molecule has 1 heterocycles. The number of nitrogens with two attached hydrogens (primary N) is 1. The molecule has 3 nitrogen and oxygen atoms in total. The largest absolute Gasteiger partial charge is 0.396 e. The minimum atomic E-state index is 0.538. The highest BCUT2D eigenvalue weighted by atomic mass is 35.5. The third-order valence-corrected chi connectivity index (χ3v) is 3.73. The van der Waals surface area contributed by atoms with Gasteiger partial charge in [0.15, 0.2) is 0 Å². The Morgan fingerprint density at radius 1 is 1.41 bits per heavy atom. The van der Waals surface area contributed by atoms with Gasteiger partial charge in [0.05, 0.1) is 16.4 Å². The van der Waals surface area contributed by atoms with Gasteiger partial charge in [-0.15, -0.1) is 0 Å². The number of nitrogen functional groups attached to an aromatic ring is 1. The zero-order chi connectivity index (χ0) is 12.3. The first kappa shape index (κ1) is 12.5. The van der Waals surface area contributed by atoms with Crippen LogP contribution in [0.4, 0.5) is 11.4 Å². The summed E-state index contributed by atoms with van der Waals surface area (Å²) in [5.74, 6) is 0. The maximum absolute atomic E-state index is 5.98. The second-order valence-electron chi connectivity index (χ2n) is 4.67. The molecular formula is C13H20ClN3. The molecule has 0 spiro atoms. The molecule has 1 saturated heterocycles. The highest BCUT2D eigenvalue weighted by Crippen LogP contribution is 2.26. The van der Waals surface area contributed by atoms with Crippen molar-refractivity contribution in [2.75, 3.05) is 30.7 Å². The Bertz CT molecular complexity index is 375. The van der Waals surface area contributed by atoms with Crippen molar-refractivity contribution in [2.45, 2.75) is 25.8 Å². The van der Waals surface area contributed by atoms with Gasteiger partial charge in [-0.25, -0.2) is 0 Å². The first-order chi connectivity index (χ1) is 8.18. The number of anilines is 2. The summed E-state index contributed by atoms with van der Waals surface area (Å²) in [5.41, 5.74) is 7.49. The van der Waals surface area contributed by atoms with Crippen molar-refractivity contribution in [1.82, 2.24) is 4.90 Å². The van der Waals surface area contributed by atoms with Crippen LogP contribution in [0.25, 0.3) is 0 Å². The molecule has 0 bridgehead atoms. The average molecular weight is 254 g/mol. The molecule has 1 aliphatic rings. The average Bonchev–Trinajstić information content (AvgIpc) is 2.84. The van der Waals surface area contributed by atoms with E-state index in [1.165, 1.54) is 25.9 Å². The smallest absolute Gasteiger partial charge is 0.0739 e. The molecule has 0 aliphatic carbocycles. The first-order valence-electron chi connectivity index (χ1n) is 6.20. The Hall–Kier alpha value is -0.930. The summed E-state index contributed by atoms with van der Waals surface area (Å²) in [7, 11) is 0. The summed E-state index contributed by atoms with van der Waals surface area (Å²) in [5, 5.41) is 3.99. The second-order valence-corrected chi connectivity index (χ2v) is 5.08. The van der Waals surface area contributed by atoms with E-state index in [0.717, 1.165) is 12.2 Å². The summed E-state index contributed by atoms with van der Waals surface area (Å²) >= 11 is 5.98. The van der Waals surface area contributed by atoms with Crippen LogP contribution in [0, 0.1) is 0 Å². The van der Waals surface area contributed by atoms with Gasteiger partial charge < -0.3 is 11.1 Å². The van der Waals surface area contributed by atoms with Crippen LogP contribution in [0.2, 0.25) is 5.02 Å². The zero-order valence-corrected chi connectivity index (χ0v) is 11.0. The molecule has 17 heavy (non-hydrogen) atoms. The van der Waals surface area contributed by atoms with E-state index in [0.29, 0.717) is 16.8 Å². The van der Waals surface area contributed by atoms with E-state index >= 15 is 0 Å². The minimum absolute atomic E-state index is 0.538. The van der Waals surface area contributed by atoms with E-state index in [1.807, 2.05) is 18.2 Å². The summed E-state index contributed by atoms with van der Waals surface area (Å²) in [6, 6.07) is 6.24. The molecule has 1 aromatic rings. The zero-order valence-electron chi connectivity index (χ0n) is 10.2. The van der Waals surface area contributed by atoms with Crippen molar-refractivity contribution in [3.63, 3.8) is 0 Å². The van der Waals surface area contributed by atoms with Gasteiger partial charge in [0.1, 0.15) is 0 Å². The molecule has 0 radical (unpaired) electrons. The predicted molar refractivity (Wildman–Crippen MR) is 74.6 cm³/mol. The van der Waals surface area contributed by atoms with Crippen molar-refractivity contribution < 1.29 is 0 Å². The number of para-hydroxylation sites is 1. The third-order valence-electron chi connectivity index (χ3n) is 3.40. The molecule has 0 saturated carbocycles. The van der Waals surface area contributed by atoms with E-state index in [1.54, 1.807) is 0 Å². The fraction of sp³-hybridized carbons (Fsp3) is 0.538. The maximum Gasteiger partial charge on any atom is 0.0739 e. The lowest BCUT2D eigenvalue weighted by atomic mass is 10.2. The number of benzene rings is 1. The van der Waals surface area contributed by atoms with E-state index in [2.05, 4.69) is 17.1 Å². The van der Waals surface area contributed by atoms with Gasteiger partial charge in [-0.1, -0.05) is 17.7 Å². The van der Waals surface area contributed by atoms with Crippen molar-refractivity contribution in [2.24, 2.45) is 0 Å². The predicted octanol–water partition coefficient (Wildman–Crippen LogP) is 2.82. The third kappa shape index (κ3) is 3.05. The number of halogens is 1. The monoisotopic (exact) mass is 253 g/mol. The van der Waals surface area contributed by atoms with Crippen molar-refractivity contribution in [1.29, 1.82) is 0 Å². The fourth-order valence-corrected chi connectivity index (χ4v) is 2.43. The molecule has 1 atom stereocenters. The molecule has 1 unspecified atom stereocenters. The van der Waals surface area contributed by atoms with E-state index in [4.69, 9.17) is 17.3 Å². The van der Waals surface area contributed by atoms with Crippen LogP contribution in [0.5, 0.6) is 0 Å². The number of nitrogens with zero attached hydrogens (tertiary/aromatic N) is 1. The van der Waals surface area contributed by atoms with Crippen molar-refractivity contribution in [3.05, 3.63) is 23.2 Å². The number of nitrogens with one attached hydrogen (secondary N) is 1. The Morgan fingerprint density at radius 3 is 2.82 bits per heavy atom. The van der Waals surface area contributed by atoms with Crippen LogP contribution in [0.3, 0.4) is 0 Å². The standard InChI is InChI=1S/C13H20ClN3/c1-10(17-7-2-3-8-17)9-16-12-6-4-5-11(14)13(12)15/h4-6,10,16H,2-3,7-9,15H2,1H3. The molecule has 1 aliphatic heterocycles. The number of likely N-dealkylation sites (tertiary alicyclic amines) is 1. The maximum atomic E-state index is 5.98. The molecule has 3 N–H and O–H groups in total. The lowest BCUT2D eigenvalue weighted by Gasteiger charge is -2.24. The molecule has 0 amide bonds. The van der Waals surface area contributed by atoms with Gasteiger partial charge in [0, 0.05) is 12.6 Å². The first-order valence-corrected chi connectivity index (χ1v) is 6.58. The number of hydrogen-bond donors (Lipinski definition) is 2. The minimum Gasteiger partial charge on any atom is -0.396 e. The highest BCUT2D eigenvalue weighted by Gasteiger charge is 2.17. The fourth-order valence-electron chi connectivity index (χ4n) is 2.26. The van der Waals surface area contributed by atoms with Crippen LogP contribution in [-0.2, 0) is 0 Å². The Balaban J connectivity index is 1.90. The van der Waals surface area contributed by atoms with Crippen LogP contribution in [-0.4, -0.2) is 30.6 Å². The lowest BCUT2D eigenvalue weighted by Crippen LogP contribution is -2.35. The normalized spacial score (nSPS) is 18.2. The Labute approximate surface area is 108 Å². The van der Waals surface area contributed by atoms with Crippen LogP contribution in [0.15, 0.2) is 18.2 Å². The molecule has 94 valence electrons. The van der Waals surface area contributed by atoms with Crippen molar-refractivity contribution >= 4 is 23.0 Å². The Kier molecular flexibility index (Phi) is 4.13. The van der Waals surface area contributed by atoms with Gasteiger partial charge in [0.2, 0.25) is 0 Å². The molecule has 0 aromatic heterocycles. The summed E-state index contributed by atoms with van der Waals surface area (Å²) in [6.07, 6.45) is 2.65. The SMILES string of the molecule is CC(CNc1cccc(Cl)c1N)N1CCCC1. The molecule has 1 fully saturated rings. The van der Waals surface area contributed by atoms with Crippen LogP contribution >= 0.6 is 11.6 Å². The van der Waals surface area contributed by atoms with Gasteiger partial charge >= 0.3 is 0 Å². The second kappa shape index (κ2) is 5.61. The summed E-state index contributed by atoms with van der Waals surface area (Å²) in [6.45, 7) is 5.59. The van der Waals surface area contributed by atoms with Crippen LogP contribution < -0.4 is 11.1 Å². The lowest BCUT2D eigenvalue weighted by molar-refractivity contribution is 0.269. The quantitative estimate of drug-likeness (QED) is 0.811. The number of rotatable bonds is 4. The van der Waals surface area contributed by atoms with E-state index in [-0.39, 0.29) is 0 Å². The summed E-state index contributed by atoms with van der Waals surface area (Å²) in [4.78, 5) is 2.51. The highest BCUT2D eigenvalue weighted by molar-refractivity contribution is 6.33. The molecule has 2 rings (SSSR count). The van der Waals surface area contributed by atoms with Gasteiger partial charge in [0.25, 0.3) is 0 Å². The molecule has 4 heteroatoms. The van der Waals surface area contributed by atoms with Gasteiger partial charge in [-0.2, -0.15) is 0 Å². The topological polar surface area (TPSA) is 41.3 Å². The number of hydrogen-bond acceptors (Lipinski definition) is 3. The summed E-state index contributed by atoms with van der Waals surface area (Å²) < 4.78 is 0.